The van der Waals surface area contributed by atoms with E-state index in [1.54, 1.807) is 6.08 Å². The average Bonchev–Trinajstić information content (AvgIpc) is 2.38. The molecule has 0 radical (unpaired) electrons. The monoisotopic (exact) mass is 150 g/mol. The Morgan fingerprint density at radius 1 is 1.45 bits per heavy atom. The normalized spacial score (nSPS) is 21.2. The first-order valence-corrected chi connectivity index (χ1v) is 3.65. The van der Waals surface area contributed by atoms with Crippen LogP contribution in [0, 0.1) is 0 Å². The second-order valence-corrected chi connectivity index (χ2v) is 2.49. The Kier molecular flexibility index (Phi) is 2.84. The summed E-state index contributed by atoms with van der Waals surface area (Å²) in [4.78, 5) is 0. The predicted octanol–water partition coefficient (Wildman–Crippen LogP) is 3.30. The van der Waals surface area contributed by atoms with E-state index in [1.165, 1.54) is 11.6 Å². The van der Waals surface area contributed by atoms with Crippen molar-refractivity contribution in [3.05, 3.63) is 48.4 Å². The number of rotatable bonds is 2. The summed E-state index contributed by atoms with van der Waals surface area (Å²) in [6.45, 7) is 3.60. The predicted molar refractivity (Wildman–Crippen MR) is 45.8 cm³/mol. The lowest BCUT2D eigenvalue weighted by molar-refractivity contribution is 0.719. The van der Waals surface area contributed by atoms with Crippen molar-refractivity contribution in [3.8, 4) is 0 Å². The zero-order valence-corrected chi connectivity index (χ0v) is 6.39. The van der Waals surface area contributed by atoms with E-state index in [1.807, 2.05) is 12.2 Å². The van der Waals surface area contributed by atoms with Gasteiger partial charge in [-0.2, -0.15) is 0 Å². The van der Waals surface area contributed by atoms with Gasteiger partial charge in [0, 0.05) is 0 Å². The maximum Gasteiger partial charge on any atom is 0.0869 e. The Morgan fingerprint density at radius 3 is 2.91 bits per heavy atom. The lowest BCUT2D eigenvalue weighted by Crippen LogP contribution is -1.66. The first-order chi connectivity index (χ1) is 5.36. The quantitative estimate of drug-likeness (QED) is 0.566. The van der Waals surface area contributed by atoms with Crippen LogP contribution < -0.4 is 0 Å². The summed E-state index contributed by atoms with van der Waals surface area (Å²) in [7, 11) is 0. The maximum atomic E-state index is 11.7. The molecule has 0 amide bonds. The molecule has 0 saturated heterocycles. The smallest absolute Gasteiger partial charge is 0.0869 e. The van der Waals surface area contributed by atoms with E-state index in [4.69, 9.17) is 0 Å². The van der Waals surface area contributed by atoms with Crippen LogP contribution in [0.2, 0.25) is 0 Å². The first kappa shape index (κ1) is 7.99. The van der Waals surface area contributed by atoms with Crippen molar-refractivity contribution in [2.75, 3.05) is 0 Å². The van der Waals surface area contributed by atoms with Crippen LogP contribution in [0.25, 0.3) is 0 Å². The van der Waals surface area contributed by atoms with E-state index in [2.05, 4.69) is 6.58 Å². The fourth-order valence-electron chi connectivity index (χ4n) is 1.17. The Morgan fingerprint density at radius 2 is 2.27 bits per heavy atom. The molecule has 0 saturated carbocycles. The first-order valence-electron chi connectivity index (χ1n) is 3.65. The fourth-order valence-corrected chi connectivity index (χ4v) is 1.17. The molecule has 0 bridgehead atoms. The van der Waals surface area contributed by atoms with Gasteiger partial charge in [0.2, 0.25) is 0 Å². The molecular weight excluding hydrogens is 139 g/mol. The molecule has 58 valence electrons. The van der Waals surface area contributed by atoms with E-state index in [0.29, 0.717) is 6.33 Å². The molecule has 1 aliphatic rings. The van der Waals surface area contributed by atoms with Crippen molar-refractivity contribution in [1.29, 1.82) is 0 Å². The minimum Gasteiger partial charge on any atom is -0.216 e. The van der Waals surface area contributed by atoms with E-state index in [0.717, 1.165) is 18.4 Å². The molecule has 0 aromatic rings. The molecule has 0 nitrogen and oxygen atoms in total. The summed E-state index contributed by atoms with van der Waals surface area (Å²) in [5.74, 6) is 0. The van der Waals surface area contributed by atoms with Gasteiger partial charge in [-0.3, -0.25) is 0 Å². The van der Waals surface area contributed by atoms with Crippen molar-refractivity contribution in [2.45, 2.75) is 12.8 Å². The number of allylic oxidation sites excluding steroid dienone is 6. The molecule has 1 rings (SSSR count). The van der Waals surface area contributed by atoms with Crippen LogP contribution in [0.3, 0.4) is 0 Å². The summed E-state index contributed by atoms with van der Waals surface area (Å²) in [6.07, 6.45) is 9.75. The third kappa shape index (κ3) is 2.19. The standard InChI is InChI=1S/C10H11F/c1-2-3-9-4-5-10(8-9)6-7-11/h2-3,6-8H,1,4-5H2/b7-6+,9-3+. The van der Waals surface area contributed by atoms with Gasteiger partial charge in [-0.05, 0) is 30.1 Å². The molecule has 11 heavy (non-hydrogen) atoms. The molecule has 0 aromatic heterocycles. The Hall–Kier alpha value is -1.11. The summed E-state index contributed by atoms with van der Waals surface area (Å²) in [5, 5.41) is 0. The Labute approximate surface area is 66.4 Å². The lowest BCUT2D eigenvalue weighted by Gasteiger charge is -1.85. The molecule has 0 spiro atoms. The zero-order chi connectivity index (χ0) is 8.10. The second-order valence-electron chi connectivity index (χ2n) is 2.49. The molecule has 0 N–H and O–H groups in total. The summed E-state index contributed by atoms with van der Waals surface area (Å²) < 4.78 is 11.7. The van der Waals surface area contributed by atoms with E-state index in [-0.39, 0.29) is 0 Å². The van der Waals surface area contributed by atoms with Gasteiger partial charge in [-0.1, -0.05) is 24.8 Å². The highest BCUT2D eigenvalue weighted by Gasteiger charge is 2.04. The van der Waals surface area contributed by atoms with Gasteiger partial charge in [0.25, 0.3) is 0 Å². The van der Waals surface area contributed by atoms with Crippen LogP contribution >= 0.6 is 0 Å². The van der Waals surface area contributed by atoms with E-state index >= 15 is 0 Å². The van der Waals surface area contributed by atoms with Gasteiger partial charge < -0.3 is 0 Å². The van der Waals surface area contributed by atoms with Gasteiger partial charge >= 0.3 is 0 Å². The van der Waals surface area contributed by atoms with Crippen LogP contribution in [0.5, 0.6) is 0 Å². The fraction of sp³-hybridized carbons (Fsp3) is 0.200. The third-order valence-corrected chi connectivity index (χ3v) is 1.68. The topological polar surface area (TPSA) is 0 Å². The van der Waals surface area contributed by atoms with Crippen molar-refractivity contribution < 1.29 is 4.39 Å². The largest absolute Gasteiger partial charge is 0.216 e. The Bertz CT molecular complexity index is 231. The molecule has 0 aromatic carbocycles. The molecule has 1 heteroatoms. The van der Waals surface area contributed by atoms with E-state index < -0.39 is 0 Å². The Balaban J connectivity index is 2.68. The molecule has 0 fully saturated rings. The van der Waals surface area contributed by atoms with Crippen molar-refractivity contribution in [1.82, 2.24) is 0 Å². The molecule has 0 aliphatic heterocycles. The zero-order valence-electron chi connectivity index (χ0n) is 6.39. The van der Waals surface area contributed by atoms with Crippen LogP contribution in [0.1, 0.15) is 12.8 Å². The van der Waals surface area contributed by atoms with Crippen LogP contribution in [-0.4, -0.2) is 0 Å². The SMILES string of the molecule is C=C/C=C1C=C(/C=C/F)CC/1. The second kappa shape index (κ2) is 3.91. The number of halogens is 1. The highest BCUT2D eigenvalue weighted by molar-refractivity contribution is 5.37. The van der Waals surface area contributed by atoms with Gasteiger partial charge in [0.15, 0.2) is 0 Å². The van der Waals surface area contributed by atoms with Gasteiger partial charge in [-0.25, -0.2) is 4.39 Å². The van der Waals surface area contributed by atoms with Crippen molar-refractivity contribution in [2.24, 2.45) is 0 Å². The van der Waals surface area contributed by atoms with Gasteiger partial charge in [0.05, 0.1) is 6.33 Å². The highest BCUT2D eigenvalue weighted by Crippen LogP contribution is 2.23. The van der Waals surface area contributed by atoms with Gasteiger partial charge in [-0.15, -0.1) is 0 Å². The molecular formula is C10H11F. The molecule has 0 unspecified atom stereocenters. The molecule has 0 heterocycles. The van der Waals surface area contributed by atoms with Gasteiger partial charge in [0.1, 0.15) is 0 Å². The summed E-state index contributed by atoms with van der Waals surface area (Å²) in [5.41, 5.74) is 2.29. The maximum absolute atomic E-state index is 11.7. The van der Waals surface area contributed by atoms with E-state index in [9.17, 15) is 4.39 Å². The lowest BCUT2D eigenvalue weighted by atomic mass is 10.2. The van der Waals surface area contributed by atoms with Crippen molar-refractivity contribution >= 4 is 0 Å². The third-order valence-electron chi connectivity index (χ3n) is 1.68. The number of hydrogen-bond acceptors (Lipinski definition) is 0. The highest BCUT2D eigenvalue weighted by atomic mass is 19.1. The van der Waals surface area contributed by atoms with Crippen LogP contribution in [-0.2, 0) is 0 Å². The average molecular weight is 150 g/mol. The van der Waals surface area contributed by atoms with Crippen LogP contribution in [0.4, 0.5) is 4.39 Å². The number of hydrogen-bond donors (Lipinski definition) is 0. The molecule has 1 aliphatic carbocycles. The summed E-state index contributed by atoms with van der Waals surface area (Å²) in [6, 6.07) is 0. The van der Waals surface area contributed by atoms with Crippen LogP contribution in [0.15, 0.2) is 48.4 Å². The minimum atomic E-state index is 0.586. The van der Waals surface area contributed by atoms with Crippen molar-refractivity contribution in [3.63, 3.8) is 0 Å². The minimum absolute atomic E-state index is 0.586. The molecule has 0 atom stereocenters. The summed E-state index contributed by atoms with van der Waals surface area (Å²) >= 11 is 0.